The predicted octanol–water partition coefficient (Wildman–Crippen LogP) is 19.8. The molecular formula is C72H57BrO7. The van der Waals surface area contributed by atoms with Crippen molar-refractivity contribution in [1.29, 1.82) is 0 Å². The highest BCUT2D eigenvalue weighted by Gasteiger charge is 2.04. The molecule has 394 valence electrons. The van der Waals surface area contributed by atoms with Crippen molar-refractivity contribution in [3.8, 4) is 40.2 Å². The molecule has 1 aliphatic rings. The zero-order chi connectivity index (χ0) is 55.1. The Balaban J connectivity index is 0.000000145. The number of rotatable bonds is 10. The fourth-order valence-electron chi connectivity index (χ4n) is 8.43. The number of hydrogen-bond donors (Lipinski definition) is 1. The highest BCUT2D eigenvalue weighted by molar-refractivity contribution is 9.10. The van der Waals surface area contributed by atoms with Gasteiger partial charge in [0.1, 0.15) is 52.8 Å². The van der Waals surface area contributed by atoms with Gasteiger partial charge in [0.2, 0.25) is 0 Å². The summed E-state index contributed by atoms with van der Waals surface area (Å²) in [5.41, 5.74) is 3.44. The van der Waals surface area contributed by atoms with E-state index in [1.165, 1.54) is 62.7 Å². The van der Waals surface area contributed by atoms with Gasteiger partial charge in [-0.15, -0.1) is 0 Å². The number of aldehydes is 2. The smallest absolute Gasteiger partial charge is 0.150 e. The molecule has 7 nitrogen and oxygen atoms in total. The summed E-state index contributed by atoms with van der Waals surface area (Å²) in [6.45, 7) is 2.00. The van der Waals surface area contributed by atoms with Crippen LogP contribution in [-0.2, 0) is 4.74 Å². The van der Waals surface area contributed by atoms with Gasteiger partial charge in [0.25, 0.3) is 0 Å². The maximum absolute atomic E-state index is 10.6. The third kappa shape index (κ3) is 16.7. The second-order valence-corrected chi connectivity index (χ2v) is 19.4. The molecule has 0 aliphatic carbocycles. The average molecular weight is 1110 g/mol. The van der Waals surface area contributed by atoms with Crippen LogP contribution in [0.5, 0.6) is 40.2 Å². The first-order chi connectivity index (χ1) is 39.3. The molecule has 0 bridgehead atoms. The molecular weight excluding hydrogens is 1060 g/mol. The molecule has 0 radical (unpaired) electrons. The number of phenolic OH excluding ortho intramolecular Hbond substituents is 1. The number of carbonyl (C=O) groups excluding carboxylic acids is 2. The van der Waals surface area contributed by atoms with Crippen molar-refractivity contribution in [3.63, 3.8) is 0 Å². The second kappa shape index (κ2) is 28.7. The summed E-state index contributed by atoms with van der Waals surface area (Å²) in [5.74, 6) is 5.00. The number of ether oxygens (including phenoxy) is 4. The molecule has 12 aromatic rings. The first-order valence-corrected chi connectivity index (χ1v) is 27.0. The van der Waals surface area contributed by atoms with Gasteiger partial charge >= 0.3 is 0 Å². The molecule has 0 amide bonds. The van der Waals surface area contributed by atoms with Crippen LogP contribution in [0.2, 0.25) is 0 Å². The maximum atomic E-state index is 10.6. The van der Waals surface area contributed by atoms with Crippen molar-refractivity contribution in [2.75, 3.05) is 13.2 Å². The van der Waals surface area contributed by atoms with Gasteiger partial charge < -0.3 is 24.1 Å². The number of halogens is 1. The molecule has 13 rings (SSSR count). The van der Waals surface area contributed by atoms with E-state index < -0.39 is 0 Å². The third-order valence-electron chi connectivity index (χ3n) is 12.7. The van der Waals surface area contributed by atoms with Gasteiger partial charge in [0, 0.05) is 28.8 Å². The molecule has 0 spiro atoms. The molecule has 1 aliphatic heterocycles. The van der Waals surface area contributed by atoms with E-state index in [1.54, 1.807) is 36.4 Å². The average Bonchev–Trinajstić information content (AvgIpc) is 4.14. The van der Waals surface area contributed by atoms with Gasteiger partial charge in [-0.05, 0) is 188 Å². The van der Waals surface area contributed by atoms with E-state index in [0.717, 1.165) is 81.3 Å². The predicted molar refractivity (Wildman–Crippen MR) is 331 cm³/mol. The first-order valence-electron chi connectivity index (χ1n) is 26.2. The molecule has 80 heavy (non-hydrogen) atoms. The van der Waals surface area contributed by atoms with E-state index in [0.29, 0.717) is 11.1 Å². The number of aromatic hydroxyl groups is 1. The van der Waals surface area contributed by atoms with Crippen molar-refractivity contribution in [2.45, 2.75) is 12.8 Å². The molecule has 1 heterocycles. The summed E-state index contributed by atoms with van der Waals surface area (Å²) in [7, 11) is 0. The SMILES string of the molecule is Brc1ccc2ccccc2c1.C(=C\c1ccc(Oc2ccc3ccccc3c2)cc1)/c1ccc(Oc2ccc3ccccc3c2)cc1.C1CCOC1.O=Cc1ccc(O)cc1.O=Cc1ccc(Oc2ccc3ccccc3c2)cc1. The Morgan fingerprint density at radius 3 is 0.938 bits per heavy atom. The Labute approximate surface area is 474 Å². The van der Waals surface area contributed by atoms with Crippen LogP contribution in [0.1, 0.15) is 44.7 Å². The van der Waals surface area contributed by atoms with Gasteiger partial charge in [-0.2, -0.15) is 0 Å². The number of carbonyl (C=O) groups is 2. The topological polar surface area (TPSA) is 91.3 Å². The van der Waals surface area contributed by atoms with Crippen LogP contribution >= 0.6 is 15.9 Å². The summed E-state index contributed by atoms with van der Waals surface area (Å²) in [5, 5.41) is 18.4. The molecule has 8 heteroatoms. The van der Waals surface area contributed by atoms with Crippen molar-refractivity contribution in [2.24, 2.45) is 0 Å². The lowest BCUT2D eigenvalue weighted by Crippen LogP contribution is -1.85. The van der Waals surface area contributed by atoms with Gasteiger partial charge in [-0.1, -0.05) is 174 Å². The zero-order valence-electron chi connectivity index (χ0n) is 43.8. The molecule has 1 N–H and O–H groups in total. The molecule has 0 aromatic heterocycles. The van der Waals surface area contributed by atoms with E-state index in [4.69, 9.17) is 24.1 Å². The summed E-state index contributed by atoms with van der Waals surface area (Å²) < 4.78 is 24.0. The van der Waals surface area contributed by atoms with Crippen LogP contribution in [0, 0.1) is 0 Å². The Hall–Kier alpha value is -9.60. The molecule has 1 saturated heterocycles. The van der Waals surface area contributed by atoms with Gasteiger partial charge in [-0.3, -0.25) is 9.59 Å². The van der Waals surface area contributed by atoms with Gasteiger partial charge in [0.15, 0.2) is 0 Å². The fraction of sp³-hybridized carbons (Fsp3) is 0.0556. The summed E-state index contributed by atoms with van der Waals surface area (Å²) in [6.07, 6.45) is 8.30. The van der Waals surface area contributed by atoms with Gasteiger partial charge in [0.05, 0.1) is 0 Å². The normalized spacial score (nSPS) is 11.4. The highest BCUT2D eigenvalue weighted by Crippen LogP contribution is 2.30. The summed E-state index contributed by atoms with van der Waals surface area (Å²) in [6, 6.07) is 87.0. The monoisotopic (exact) mass is 1110 g/mol. The van der Waals surface area contributed by atoms with Crippen LogP contribution in [0.15, 0.2) is 271 Å². The Kier molecular flexibility index (Phi) is 19.8. The lowest BCUT2D eigenvalue weighted by Gasteiger charge is -2.08. The van der Waals surface area contributed by atoms with Crippen LogP contribution < -0.4 is 14.2 Å². The van der Waals surface area contributed by atoms with Crippen LogP contribution in [0.4, 0.5) is 0 Å². The van der Waals surface area contributed by atoms with Gasteiger partial charge in [-0.25, -0.2) is 0 Å². The molecule has 0 atom stereocenters. The van der Waals surface area contributed by atoms with E-state index >= 15 is 0 Å². The maximum Gasteiger partial charge on any atom is 0.150 e. The first kappa shape index (κ1) is 55.2. The highest BCUT2D eigenvalue weighted by atomic mass is 79.9. The third-order valence-corrected chi connectivity index (χ3v) is 13.2. The standard InChI is InChI=1S/C34H24O2.C17H12O2.C10H7Br.C7H6O2.C4H8O/c1-3-7-29-23-33(21-15-27(29)5-1)35-31-17-11-25(12-18-31)9-10-26-13-19-32(20-14-26)36-34-22-16-28-6-2-4-8-30(28)24-34;18-12-13-5-8-16(9-6-13)19-17-10-7-14-3-1-2-4-15(14)11-17;11-10-6-5-8-3-1-2-4-9(8)7-10;8-5-6-1-3-7(9)4-2-6;1-2-4-5-3-1/h1-24H;1-12H;1-7H;1-5,9H;1-4H2/b10-9+;;;;. The van der Waals surface area contributed by atoms with E-state index in [9.17, 15) is 9.59 Å². The summed E-state index contributed by atoms with van der Waals surface area (Å²) in [4.78, 5) is 20.6. The number of fused-ring (bicyclic) bond motifs is 4. The minimum atomic E-state index is 0.181. The van der Waals surface area contributed by atoms with Crippen molar-refractivity contribution < 1.29 is 33.6 Å². The Morgan fingerprint density at radius 1 is 0.325 bits per heavy atom. The second-order valence-electron chi connectivity index (χ2n) is 18.5. The minimum Gasteiger partial charge on any atom is -0.508 e. The summed E-state index contributed by atoms with van der Waals surface area (Å²) >= 11 is 3.43. The Morgan fingerprint density at radius 2 is 0.613 bits per heavy atom. The van der Waals surface area contributed by atoms with Crippen LogP contribution in [-0.4, -0.2) is 30.9 Å². The van der Waals surface area contributed by atoms with Crippen LogP contribution in [0.25, 0.3) is 55.2 Å². The lowest BCUT2D eigenvalue weighted by atomic mass is 10.1. The molecule has 12 aromatic carbocycles. The number of hydrogen-bond acceptors (Lipinski definition) is 7. The number of benzene rings is 12. The quantitative estimate of drug-likeness (QED) is 0.108. The van der Waals surface area contributed by atoms with Crippen molar-refractivity contribution >= 4 is 83.7 Å². The molecule has 0 unspecified atom stereocenters. The van der Waals surface area contributed by atoms with E-state index in [2.05, 4.69) is 155 Å². The zero-order valence-corrected chi connectivity index (χ0v) is 45.4. The van der Waals surface area contributed by atoms with Crippen molar-refractivity contribution in [3.05, 3.63) is 294 Å². The van der Waals surface area contributed by atoms with E-state index in [-0.39, 0.29) is 5.75 Å². The van der Waals surface area contributed by atoms with Crippen LogP contribution in [0.3, 0.4) is 0 Å². The fourth-order valence-corrected chi connectivity index (χ4v) is 8.80. The molecule has 0 saturated carbocycles. The lowest BCUT2D eigenvalue weighted by molar-refractivity contribution is 0.111. The van der Waals surface area contributed by atoms with E-state index in [1.807, 2.05) is 91.0 Å². The van der Waals surface area contributed by atoms with Crippen molar-refractivity contribution in [1.82, 2.24) is 0 Å². The number of phenols is 1. The largest absolute Gasteiger partial charge is 0.508 e. The Bertz CT molecular complexity index is 3810. The molecule has 1 fully saturated rings. The minimum absolute atomic E-state index is 0.181.